The molecule has 0 saturated carbocycles. The highest BCUT2D eigenvalue weighted by molar-refractivity contribution is 7.05. The second kappa shape index (κ2) is 7.70. The van der Waals surface area contributed by atoms with Crippen molar-refractivity contribution in [1.29, 1.82) is 0 Å². The first kappa shape index (κ1) is 16.2. The highest BCUT2D eigenvalue weighted by Gasteiger charge is 2.20. The largest absolute Gasteiger partial charge is 0.496 e. The van der Waals surface area contributed by atoms with E-state index in [-0.39, 0.29) is 6.04 Å². The first-order valence-corrected chi connectivity index (χ1v) is 7.94. The third-order valence-corrected chi connectivity index (χ3v) is 4.37. The topological polar surface area (TPSA) is 73.1 Å². The van der Waals surface area contributed by atoms with Crippen molar-refractivity contribution >= 4 is 23.1 Å². The van der Waals surface area contributed by atoms with Crippen molar-refractivity contribution in [3.8, 4) is 5.75 Å². The SMILES string of the molecule is CCCc1nnsc1C(Cc1cc(Cl)ccc1OC)NN. The van der Waals surface area contributed by atoms with Crippen LogP contribution in [0, 0.1) is 0 Å². The molecule has 5 nitrogen and oxygen atoms in total. The zero-order chi connectivity index (χ0) is 15.2. The molecule has 0 amide bonds. The van der Waals surface area contributed by atoms with E-state index in [4.69, 9.17) is 22.2 Å². The van der Waals surface area contributed by atoms with Crippen LogP contribution in [-0.4, -0.2) is 16.7 Å². The molecule has 7 heteroatoms. The van der Waals surface area contributed by atoms with E-state index in [1.165, 1.54) is 11.5 Å². The fraction of sp³-hybridized carbons (Fsp3) is 0.429. The van der Waals surface area contributed by atoms with Crippen LogP contribution in [0.3, 0.4) is 0 Å². The normalized spacial score (nSPS) is 12.4. The van der Waals surface area contributed by atoms with Crippen LogP contribution >= 0.6 is 23.1 Å². The smallest absolute Gasteiger partial charge is 0.122 e. The predicted molar refractivity (Wildman–Crippen MR) is 85.7 cm³/mol. The molecule has 1 atom stereocenters. The third-order valence-electron chi connectivity index (χ3n) is 3.26. The van der Waals surface area contributed by atoms with Gasteiger partial charge in [-0.2, -0.15) is 0 Å². The van der Waals surface area contributed by atoms with E-state index >= 15 is 0 Å². The van der Waals surface area contributed by atoms with Gasteiger partial charge in [-0.25, -0.2) is 0 Å². The van der Waals surface area contributed by atoms with Crippen LogP contribution in [-0.2, 0) is 12.8 Å². The second-order valence-electron chi connectivity index (χ2n) is 4.71. The molecule has 114 valence electrons. The standard InChI is InChI=1S/C14H19ClN4OS/c1-3-4-11-14(21-19-18-11)12(17-16)8-9-7-10(15)5-6-13(9)20-2/h5-7,12,17H,3-4,8,16H2,1-2H3. The van der Waals surface area contributed by atoms with Crippen molar-refractivity contribution in [2.45, 2.75) is 32.2 Å². The van der Waals surface area contributed by atoms with Crippen LogP contribution in [0.5, 0.6) is 5.75 Å². The number of nitrogens with one attached hydrogen (secondary N) is 1. The van der Waals surface area contributed by atoms with Crippen molar-refractivity contribution in [3.63, 3.8) is 0 Å². The monoisotopic (exact) mass is 326 g/mol. The zero-order valence-electron chi connectivity index (χ0n) is 12.1. The Labute approximate surface area is 133 Å². The molecular formula is C14H19ClN4OS. The van der Waals surface area contributed by atoms with Gasteiger partial charge in [-0.15, -0.1) is 5.10 Å². The molecule has 1 aromatic heterocycles. The number of hydrogen-bond acceptors (Lipinski definition) is 6. The maximum atomic E-state index is 6.08. The lowest BCUT2D eigenvalue weighted by Gasteiger charge is -2.17. The van der Waals surface area contributed by atoms with E-state index < -0.39 is 0 Å². The predicted octanol–water partition coefficient (Wildman–Crippen LogP) is 2.90. The summed E-state index contributed by atoms with van der Waals surface area (Å²) < 4.78 is 9.44. The Balaban J connectivity index is 2.26. The molecule has 2 aromatic rings. The number of hydrogen-bond donors (Lipinski definition) is 2. The van der Waals surface area contributed by atoms with E-state index in [2.05, 4.69) is 21.9 Å². The molecule has 0 aliphatic heterocycles. The Morgan fingerprint density at radius 1 is 1.48 bits per heavy atom. The lowest BCUT2D eigenvalue weighted by molar-refractivity contribution is 0.406. The Morgan fingerprint density at radius 3 is 2.95 bits per heavy atom. The molecule has 0 aliphatic carbocycles. The molecule has 1 unspecified atom stereocenters. The summed E-state index contributed by atoms with van der Waals surface area (Å²) in [7, 11) is 1.65. The minimum atomic E-state index is -0.0566. The Bertz CT molecular complexity index is 590. The van der Waals surface area contributed by atoms with Crippen molar-refractivity contribution in [1.82, 2.24) is 15.0 Å². The molecule has 21 heavy (non-hydrogen) atoms. The van der Waals surface area contributed by atoms with Gasteiger partial charge in [-0.1, -0.05) is 29.4 Å². The van der Waals surface area contributed by atoms with Crippen molar-refractivity contribution in [3.05, 3.63) is 39.4 Å². The molecule has 0 bridgehead atoms. The summed E-state index contributed by atoms with van der Waals surface area (Å²) in [5.41, 5.74) is 4.86. The maximum Gasteiger partial charge on any atom is 0.122 e. The molecule has 1 aromatic carbocycles. The van der Waals surface area contributed by atoms with E-state index in [1.54, 1.807) is 7.11 Å². The number of benzene rings is 1. The van der Waals surface area contributed by atoms with Gasteiger partial charge in [0.1, 0.15) is 5.75 Å². The number of aryl methyl sites for hydroxylation is 1. The molecular weight excluding hydrogens is 308 g/mol. The number of methoxy groups -OCH3 is 1. The van der Waals surface area contributed by atoms with E-state index in [9.17, 15) is 0 Å². The highest BCUT2D eigenvalue weighted by atomic mass is 35.5. The van der Waals surface area contributed by atoms with Crippen LogP contribution in [0.4, 0.5) is 0 Å². The number of halogens is 1. The first-order chi connectivity index (χ1) is 10.2. The average Bonchev–Trinajstić information content (AvgIpc) is 2.93. The summed E-state index contributed by atoms with van der Waals surface area (Å²) in [4.78, 5) is 1.07. The maximum absolute atomic E-state index is 6.08. The van der Waals surface area contributed by atoms with E-state index in [1.807, 2.05) is 18.2 Å². The molecule has 2 rings (SSSR count). The van der Waals surface area contributed by atoms with E-state index in [0.29, 0.717) is 11.4 Å². The van der Waals surface area contributed by atoms with Gasteiger partial charge in [0.15, 0.2) is 0 Å². The van der Waals surface area contributed by atoms with Gasteiger partial charge in [0.05, 0.1) is 23.7 Å². The second-order valence-corrected chi connectivity index (χ2v) is 5.94. The van der Waals surface area contributed by atoms with Gasteiger partial charge in [0.2, 0.25) is 0 Å². The summed E-state index contributed by atoms with van der Waals surface area (Å²) in [5.74, 6) is 6.53. The Morgan fingerprint density at radius 2 is 2.29 bits per heavy atom. The highest BCUT2D eigenvalue weighted by Crippen LogP contribution is 2.30. The van der Waals surface area contributed by atoms with E-state index in [0.717, 1.165) is 34.7 Å². The number of ether oxygens (including phenoxy) is 1. The van der Waals surface area contributed by atoms with Gasteiger partial charge in [-0.3, -0.25) is 11.3 Å². The molecule has 0 saturated heterocycles. The Hall–Kier alpha value is -1.21. The minimum Gasteiger partial charge on any atom is -0.496 e. The van der Waals surface area contributed by atoms with Crippen molar-refractivity contribution in [2.24, 2.45) is 5.84 Å². The summed E-state index contributed by atoms with van der Waals surface area (Å²) in [5, 5.41) is 4.87. The zero-order valence-corrected chi connectivity index (χ0v) is 13.7. The average molecular weight is 327 g/mol. The van der Waals surface area contributed by atoms with Gasteiger partial charge >= 0.3 is 0 Å². The van der Waals surface area contributed by atoms with Gasteiger partial charge in [-0.05, 0) is 48.1 Å². The number of aromatic nitrogens is 2. The summed E-state index contributed by atoms with van der Waals surface area (Å²) in [6, 6.07) is 5.52. The van der Waals surface area contributed by atoms with Crippen LogP contribution in [0.25, 0.3) is 0 Å². The fourth-order valence-electron chi connectivity index (χ4n) is 2.24. The molecule has 0 spiro atoms. The molecule has 0 fully saturated rings. The quantitative estimate of drug-likeness (QED) is 0.604. The number of nitrogens with zero attached hydrogens (tertiary/aromatic N) is 2. The van der Waals surface area contributed by atoms with Crippen molar-refractivity contribution in [2.75, 3.05) is 7.11 Å². The molecule has 1 heterocycles. The van der Waals surface area contributed by atoms with Gasteiger partial charge < -0.3 is 4.74 Å². The number of rotatable bonds is 7. The van der Waals surface area contributed by atoms with Crippen LogP contribution < -0.4 is 16.0 Å². The number of hydrazine groups is 1. The van der Waals surface area contributed by atoms with Gasteiger partial charge in [0, 0.05) is 5.02 Å². The summed E-state index contributed by atoms with van der Waals surface area (Å²) in [6.45, 7) is 2.12. The number of nitrogens with two attached hydrogens (primary N) is 1. The molecule has 0 radical (unpaired) electrons. The van der Waals surface area contributed by atoms with Crippen LogP contribution in [0.1, 0.15) is 35.5 Å². The minimum absolute atomic E-state index is 0.0566. The lowest BCUT2D eigenvalue weighted by Crippen LogP contribution is -2.29. The third kappa shape index (κ3) is 3.91. The summed E-state index contributed by atoms with van der Waals surface area (Å²) >= 11 is 7.46. The van der Waals surface area contributed by atoms with Crippen LogP contribution in [0.2, 0.25) is 5.02 Å². The van der Waals surface area contributed by atoms with Crippen LogP contribution in [0.15, 0.2) is 18.2 Å². The molecule has 3 N–H and O–H groups in total. The summed E-state index contributed by atoms with van der Waals surface area (Å²) in [6.07, 6.45) is 2.59. The Kier molecular flexibility index (Phi) is 5.93. The van der Waals surface area contributed by atoms with Crippen molar-refractivity contribution < 1.29 is 4.74 Å². The lowest BCUT2D eigenvalue weighted by atomic mass is 10.0. The fourth-order valence-corrected chi connectivity index (χ4v) is 3.19. The first-order valence-electron chi connectivity index (χ1n) is 6.79. The molecule has 0 aliphatic rings. The van der Waals surface area contributed by atoms with Gasteiger partial charge in [0.25, 0.3) is 0 Å².